The highest BCUT2D eigenvalue weighted by Gasteiger charge is 2.31. The molecule has 0 radical (unpaired) electrons. The van der Waals surface area contributed by atoms with E-state index in [9.17, 15) is 14.9 Å². The third-order valence-electron chi connectivity index (χ3n) is 4.70. The van der Waals surface area contributed by atoms with Crippen molar-refractivity contribution in [2.75, 3.05) is 25.0 Å². The van der Waals surface area contributed by atoms with E-state index in [1.54, 1.807) is 12.1 Å². The van der Waals surface area contributed by atoms with Crippen LogP contribution in [-0.4, -0.2) is 41.4 Å². The number of nitrogens with zero attached hydrogens (tertiary/aromatic N) is 2. The molecule has 0 saturated carbocycles. The lowest BCUT2D eigenvalue weighted by atomic mass is 9.95. The number of nitrogens with one attached hydrogen (secondary N) is 1. The molecule has 1 aliphatic rings. The summed E-state index contributed by atoms with van der Waals surface area (Å²) in [4.78, 5) is 24.9. The Morgan fingerprint density at radius 2 is 1.81 bits per heavy atom. The van der Waals surface area contributed by atoms with Gasteiger partial charge in [0, 0.05) is 44.1 Å². The normalized spacial score (nSPS) is 19.3. The van der Waals surface area contributed by atoms with Gasteiger partial charge in [-0.15, -0.1) is 12.4 Å². The predicted octanol–water partition coefficient (Wildman–Crippen LogP) is 2.77. The lowest BCUT2D eigenvalue weighted by Crippen LogP contribution is -2.30. The van der Waals surface area contributed by atoms with Gasteiger partial charge in [0.05, 0.1) is 4.92 Å². The summed E-state index contributed by atoms with van der Waals surface area (Å²) in [7, 11) is 0. The quantitative estimate of drug-likeness (QED) is 0.583. The SMILES string of the molecule is Cl.N[C@@H]1CN(CCC(=O)Nc2ccccc2[N+](=O)[O-])C[C@H]1c1ccccc1. The number of amides is 1. The van der Waals surface area contributed by atoms with Crippen molar-refractivity contribution in [1.82, 2.24) is 4.90 Å². The maximum absolute atomic E-state index is 12.2. The number of rotatable bonds is 6. The number of likely N-dealkylation sites (tertiary alicyclic amines) is 1. The third kappa shape index (κ3) is 5.26. The van der Waals surface area contributed by atoms with Gasteiger partial charge in [-0.2, -0.15) is 0 Å². The molecule has 1 fully saturated rings. The Kier molecular flexibility index (Phi) is 7.29. The molecule has 0 aromatic heterocycles. The molecule has 0 bridgehead atoms. The van der Waals surface area contributed by atoms with Crippen molar-refractivity contribution in [3.05, 3.63) is 70.3 Å². The number of hydrogen-bond donors (Lipinski definition) is 2. The molecule has 1 saturated heterocycles. The molecule has 0 spiro atoms. The Morgan fingerprint density at radius 3 is 2.52 bits per heavy atom. The minimum Gasteiger partial charge on any atom is -0.326 e. The van der Waals surface area contributed by atoms with E-state index in [4.69, 9.17) is 5.73 Å². The van der Waals surface area contributed by atoms with Crippen LogP contribution in [0.15, 0.2) is 54.6 Å². The second kappa shape index (κ2) is 9.45. The van der Waals surface area contributed by atoms with Crippen LogP contribution in [0.5, 0.6) is 0 Å². The molecular formula is C19H23ClN4O3. The van der Waals surface area contributed by atoms with E-state index in [2.05, 4.69) is 22.3 Å². The molecule has 7 nitrogen and oxygen atoms in total. The Hall–Kier alpha value is -2.48. The molecule has 3 rings (SSSR count). The molecule has 2 atom stereocenters. The number of benzene rings is 2. The van der Waals surface area contributed by atoms with Gasteiger partial charge in [0.15, 0.2) is 0 Å². The Labute approximate surface area is 164 Å². The highest BCUT2D eigenvalue weighted by Crippen LogP contribution is 2.27. The zero-order valence-corrected chi connectivity index (χ0v) is 15.6. The molecule has 1 heterocycles. The van der Waals surface area contributed by atoms with Crippen molar-refractivity contribution in [2.24, 2.45) is 5.73 Å². The molecule has 0 unspecified atom stereocenters. The summed E-state index contributed by atoms with van der Waals surface area (Å²) in [6, 6.07) is 16.3. The maximum atomic E-state index is 12.2. The van der Waals surface area contributed by atoms with E-state index in [1.165, 1.54) is 17.7 Å². The van der Waals surface area contributed by atoms with Gasteiger partial charge in [-0.05, 0) is 11.6 Å². The second-order valence-electron chi connectivity index (χ2n) is 6.51. The molecular weight excluding hydrogens is 368 g/mol. The van der Waals surface area contributed by atoms with Crippen molar-refractivity contribution >= 4 is 29.7 Å². The fourth-order valence-electron chi connectivity index (χ4n) is 3.36. The summed E-state index contributed by atoms with van der Waals surface area (Å²) in [6.45, 7) is 2.12. The van der Waals surface area contributed by atoms with Crippen LogP contribution in [0.2, 0.25) is 0 Å². The first-order valence-corrected chi connectivity index (χ1v) is 8.60. The van der Waals surface area contributed by atoms with Gasteiger partial charge in [0.25, 0.3) is 5.69 Å². The largest absolute Gasteiger partial charge is 0.326 e. The van der Waals surface area contributed by atoms with E-state index in [1.807, 2.05) is 18.2 Å². The lowest BCUT2D eigenvalue weighted by molar-refractivity contribution is -0.383. The monoisotopic (exact) mass is 390 g/mol. The van der Waals surface area contributed by atoms with Crippen LogP contribution in [0.25, 0.3) is 0 Å². The van der Waals surface area contributed by atoms with Gasteiger partial charge in [0.1, 0.15) is 5.69 Å². The molecule has 2 aromatic carbocycles. The number of carbonyl (C=O) groups excluding carboxylic acids is 1. The lowest BCUT2D eigenvalue weighted by Gasteiger charge is -2.16. The predicted molar refractivity (Wildman–Crippen MR) is 107 cm³/mol. The Balaban J connectivity index is 0.00000261. The number of nitro benzene ring substituents is 1. The first-order valence-electron chi connectivity index (χ1n) is 8.60. The summed E-state index contributed by atoms with van der Waals surface area (Å²) in [5, 5.41) is 13.6. The first kappa shape index (κ1) is 20.8. The van der Waals surface area contributed by atoms with E-state index < -0.39 is 4.92 Å². The molecule has 8 heteroatoms. The fourth-order valence-corrected chi connectivity index (χ4v) is 3.36. The van der Waals surface area contributed by atoms with Crippen LogP contribution in [0.3, 0.4) is 0 Å². The molecule has 2 aromatic rings. The summed E-state index contributed by atoms with van der Waals surface area (Å²) < 4.78 is 0. The van der Waals surface area contributed by atoms with Crippen LogP contribution >= 0.6 is 12.4 Å². The van der Waals surface area contributed by atoms with Gasteiger partial charge < -0.3 is 16.0 Å². The minimum absolute atomic E-state index is 0. The van der Waals surface area contributed by atoms with Crippen LogP contribution in [0.1, 0.15) is 17.9 Å². The number of hydrogen-bond acceptors (Lipinski definition) is 5. The van der Waals surface area contributed by atoms with Crippen molar-refractivity contribution < 1.29 is 9.72 Å². The van der Waals surface area contributed by atoms with Gasteiger partial charge in [-0.25, -0.2) is 0 Å². The van der Waals surface area contributed by atoms with Crippen LogP contribution in [0.4, 0.5) is 11.4 Å². The van der Waals surface area contributed by atoms with Gasteiger partial charge in [-0.3, -0.25) is 14.9 Å². The molecule has 1 aliphatic heterocycles. The van der Waals surface area contributed by atoms with Crippen LogP contribution in [0, 0.1) is 10.1 Å². The zero-order valence-electron chi connectivity index (χ0n) is 14.8. The van der Waals surface area contributed by atoms with E-state index in [0.717, 1.165) is 13.1 Å². The Bertz CT molecular complexity index is 788. The standard InChI is InChI=1S/C19H22N4O3.ClH/c20-16-13-22(12-15(16)14-6-2-1-3-7-14)11-10-19(24)21-17-8-4-5-9-18(17)23(25)26;/h1-9,15-16H,10-13,20H2,(H,21,24);1H/t15-,16+;/m0./s1. The average molecular weight is 391 g/mol. The molecule has 1 amide bonds. The third-order valence-corrected chi connectivity index (χ3v) is 4.70. The average Bonchev–Trinajstić information content (AvgIpc) is 3.02. The second-order valence-corrected chi connectivity index (χ2v) is 6.51. The summed E-state index contributed by atoms with van der Waals surface area (Å²) in [5.74, 6) is 0.0190. The van der Waals surface area contributed by atoms with Gasteiger partial charge >= 0.3 is 0 Å². The first-order chi connectivity index (χ1) is 12.5. The molecule has 3 N–H and O–H groups in total. The summed E-state index contributed by atoms with van der Waals surface area (Å²) >= 11 is 0. The summed E-state index contributed by atoms with van der Waals surface area (Å²) in [5.41, 5.74) is 7.60. The van der Waals surface area contributed by atoms with Crippen LogP contribution < -0.4 is 11.1 Å². The van der Waals surface area contributed by atoms with Gasteiger partial charge in [-0.1, -0.05) is 42.5 Å². The number of carbonyl (C=O) groups is 1. The number of nitro groups is 1. The van der Waals surface area contributed by atoms with Gasteiger partial charge in [0.2, 0.25) is 5.91 Å². The number of nitrogens with two attached hydrogens (primary N) is 1. The zero-order chi connectivity index (χ0) is 18.5. The highest BCUT2D eigenvalue weighted by molar-refractivity contribution is 5.93. The van der Waals surface area contributed by atoms with Crippen molar-refractivity contribution in [2.45, 2.75) is 18.4 Å². The molecule has 0 aliphatic carbocycles. The van der Waals surface area contributed by atoms with Crippen molar-refractivity contribution in [3.8, 4) is 0 Å². The minimum atomic E-state index is -0.500. The topological polar surface area (TPSA) is 102 Å². The smallest absolute Gasteiger partial charge is 0.292 e. The van der Waals surface area contributed by atoms with E-state index >= 15 is 0 Å². The highest BCUT2D eigenvalue weighted by atomic mass is 35.5. The maximum Gasteiger partial charge on any atom is 0.292 e. The number of para-hydroxylation sites is 2. The molecule has 27 heavy (non-hydrogen) atoms. The summed E-state index contributed by atoms with van der Waals surface area (Å²) in [6.07, 6.45) is 0.264. The Morgan fingerprint density at radius 1 is 1.15 bits per heavy atom. The van der Waals surface area contributed by atoms with Crippen molar-refractivity contribution in [1.29, 1.82) is 0 Å². The van der Waals surface area contributed by atoms with Crippen molar-refractivity contribution in [3.63, 3.8) is 0 Å². The fraction of sp³-hybridized carbons (Fsp3) is 0.316. The number of halogens is 1. The van der Waals surface area contributed by atoms with E-state index in [-0.39, 0.29) is 48.1 Å². The molecule has 144 valence electrons. The van der Waals surface area contributed by atoms with Crippen LogP contribution in [-0.2, 0) is 4.79 Å². The number of anilines is 1. The van der Waals surface area contributed by atoms with E-state index in [0.29, 0.717) is 6.54 Å².